The van der Waals surface area contributed by atoms with Gasteiger partial charge in [0.2, 0.25) is 0 Å². The zero-order valence-electron chi connectivity index (χ0n) is 19.4. The number of carbonyl (C=O) groups is 1. The summed E-state index contributed by atoms with van der Waals surface area (Å²) in [6.45, 7) is 4.18. The second-order valence-corrected chi connectivity index (χ2v) is 10.7. The van der Waals surface area contributed by atoms with Gasteiger partial charge in [-0.05, 0) is 48.1 Å². The lowest BCUT2D eigenvalue weighted by atomic mass is 9.89. The van der Waals surface area contributed by atoms with Crippen LogP contribution in [0.3, 0.4) is 0 Å². The fraction of sp³-hybridized carbons (Fsp3) is 0.423. The van der Waals surface area contributed by atoms with Crippen molar-refractivity contribution < 1.29 is 14.3 Å². The molecular weight excluding hydrogens is 466 g/mol. The zero-order valence-corrected chi connectivity index (χ0v) is 20.2. The first-order valence-corrected chi connectivity index (χ1v) is 12.5. The van der Waals surface area contributed by atoms with Crippen LogP contribution in [0.25, 0.3) is 10.9 Å². The second kappa shape index (κ2) is 7.45. The first-order chi connectivity index (χ1) is 16.9. The van der Waals surface area contributed by atoms with Crippen LogP contribution in [-0.4, -0.2) is 28.0 Å². The van der Waals surface area contributed by atoms with E-state index >= 15 is 0 Å². The molecule has 35 heavy (non-hydrogen) atoms. The zero-order chi connectivity index (χ0) is 23.9. The minimum absolute atomic E-state index is 0.0846. The number of ether oxygens (including phenoxy) is 2. The highest BCUT2D eigenvalue weighted by Crippen LogP contribution is 2.50. The number of hydrogen-bond donors (Lipinski definition) is 2. The van der Waals surface area contributed by atoms with Crippen molar-refractivity contribution in [3.8, 4) is 5.75 Å². The fourth-order valence-corrected chi connectivity index (χ4v) is 5.96. The van der Waals surface area contributed by atoms with Crippen molar-refractivity contribution in [3.63, 3.8) is 0 Å². The minimum atomic E-state index is -0.715. The predicted molar refractivity (Wildman–Crippen MR) is 134 cm³/mol. The Morgan fingerprint density at radius 1 is 1.20 bits per heavy atom. The SMILES string of the molecule is C[C@H]1CCC(c2cc(Cl)c3c(c2)OC2(CC2)C(=O)N3)N(c2cc3c4c(c(N)nc3cn2)COC4)C1. The highest BCUT2D eigenvalue weighted by Gasteiger charge is 2.55. The summed E-state index contributed by atoms with van der Waals surface area (Å²) in [6.07, 6.45) is 5.36. The smallest absolute Gasteiger partial charge is 0.268 e. The van der Waals surface area contributed by atoms with E-state index in [0.29, 0.717) is 41.4 Å². The monoisotopic (exact) mass is 491 g/mol. The van der Waals surface area contributed by atoms with Gasteiger partial charge >= 0.3 is 0 Å². The molecule has 5 heterocycles. The molecule has 1 spiro atoms. The third kappa shape index (κ3) is 3.27. The van der Waals surface area contributed by atoms with Gasteiger partial charge in [0, 0.05) is 30.3 Å². The van der Waals surface area contributed by atoms with Crippen molar-refractivity contribution in [1.29, 1.82) is 0 Å². The van der Waals surface area contributed by atoms with Crippen LogP contribution in [0.5, 0.6) is 5.75 Å². The molecule has 2 aromatic heterocycles. The van der Waals surface area contributed by atoms with Gasteiger partial charge in [-0.15, -0.1) is 0 Å². The van der Waals surface area contributed by atoms with E-state index in [9.17, 15) is 4.79 Å². The molecule has 7 rings (SSSR count). The van der Waals surface area contributed by atoms with Crippen LogP contribution in [0.4, 0.5) is 17.3 Å². The van der Waals surface area contributed by atoms with Crippen molar-refractivity contribution >= 4 is 45.7 Å². The van der Waals surface area contributed by atoms with Gasteiger partial charge in [0.1, 0.15) is 23.1 Å². The molecule has 1 saturated heterocycles. The molecule has 1 aromatic carbocycles. The number of carbonyl (C=O) groups excluding carboxylic acids is 1. The number of anilines is 3. The van der Waals surface area contributed by atoms with E-state index in [4.69, 9.17) is 31.8 Å². The van der Waals surface area contributed by atoms with Crippen molar-refractivity contribution in [3.05, 3.63) is 46.1 Å². The highest BCUT2D eigenvalue weighted by molar-refractivity contribution is 6.34. The Kier molecular flexibility index (Phi) is 4.51. The van der Waals surface area contributed by atoms with E-state index in [-0.39, 0.29) is 11.9 Å². The molecule has 3 aromatic rings. The van der Waals surface area contributed by atoms with Crippen LogP contribution in [0.15, 0.2) is 24.4 Å². The molecule has 3 N–H and O–H groups in total. The average Bonchev–Trinajstić information content (AvgIpc) is 3.42. The number of amides is 1. The van der Waals surface area contributed by atoms with E-state index in [1.165, 1.54) is 0 Å². The van der Waals surface area contributed by atoms with Crippen LogP contribution in [0, 0.1) is 5.92 Å². The topological polar surface area (TPSA) is 103 Å². The maximum Gasteiger partial charge on any atom is 0.268 e. The normalized spacial score (nSPS) is 24.2. The van der Waals surface area contributed by atoms with E-state index in [2.05, 4.69) is 28.2 Å². The molecule has 1 unspecified atom stereocenters. The lowest BCUT2D eigenvalue weighted by Crippen LogP contribution is -2.40. The molecule has 0 radical (unpaired) electrons. The molecule has 9 heteroatoms. The number of pyridine rings is 2. The summed E-state index contributed by atoms with van der Waals surface area (Å²) in [7, 11) is 0. The number of rotatable bonds is 2. The number of nitrogens with one attached hydrogen (secondary N) is 1. The second-order valence-electron chi connectivity index (χ2n) is 10.3. The van der Waals surface area contributed by atoms with Crippen LogP contribution < -0.4 is 20.7 Å². The number of piperidine rings is 1. The van der Waals surface area contributed by atoms with E-state index in [1.54, 1.807) is 0 Å². The molecule has 180 valence electrons. The van der Waals surface area contributed by atoms with Gasteiger partial charge in [-0.3, -0.25) is 4.79 Å². The lowest BCUT2D eigenvalue weighted by molar-refractivity contribution is -0.125. The van der Waals surface area contributed by atoms with Crippen molar-refractivity contribution in [1.82, 2.24) is 9.97 Å². The number of nitrogens with two attached hydrogens (primary N) is 1. The summed E-state index contributed by atoms with van der Waals surface area (Å²) in [6, 6.07) is 6.21. The highest BCUT2D eigenvalue weighted by atomic mass is 35.5. The molecule has 3 aliphatic heterocycles. The van der Waals surface area contributed by atoms with Gasteiger partial charge < -0.3 is 25.4 Å². The van der Waals surface area contributed by atoms with Crippen molar-refractivity contribution in [2.45, 2.75) is 57.5 Å². The van der Waals surface area contributed by atoms with Crippen LogP contribution in [-0.2, 0) is 22.7 Å². The summed E-state index contributed by atoms with van der Waals surface area (Å²) < 4.78 is 11.9. The summed E-state index contributed by atoms with van der Waals surface area (Å²) in [5.74, 6) is 2.51. The Morgan fingerprint density at radius 3 is 2.86 bits per heavy atom. The molecule has 1 saturated carbocycles. The van der Waals surface area contributed by atoms with Gasteiger partial charge in [0.25, 0.3) is 5.91 Å². The minimum Gasteiger partial charge on any atom is -0.475 e. The number of halogens is 1. The summed E-state index contributed by atoms with van der Waals surface area (Å²) in [5.41, 5.74) is 9.95. The maximum absolute atomic E-state index is 12.4. The van der Waals surface area contributed by atoms with E-state index in [1.807, 2.05) is 18.3 Å². The Hall–Kier alpha value is -3.10. The van der Waals surface area contributed by atoms with Gasteiger partial charge in [0.05, 0.1) is 36.0 Å². The predicted octanol–water partition coefficient (Wildman–Crippen LogP) is 4.74. The average molecular weight is 492 g/mol. The van der Waals surface area contributed by atoms with E-state index < -0.39 is 5.60 Å². The van der Waals surface area contributed by atoms with Crippen LogP contribution >= 0.6 is 11.6 Å². The number of fused-ring (bicyclic) bond motifs is 4. The lowest BCUT2D eigenvalue weighted by Gasteiger charge is -2.40. The summed E-state index contributed by atoms with van der Waals surface area (Å²) in [4.78, 5) is 24.2. The largest absolute Gasteiger partial charge is 0.475 e. The summed E-state index contributed by atoms with van der Waals surface area (Å²) >= 11 is 6.66. The quantitative estimate of drug-likeness (QED) is 0.533. The third-order valence-corrected chi connectivity index (χ3v) is 8.13. The third-order valence-electron chi connectivity index (χ3n) is 7.84. The standard InChI is InChI=1S/C26H26ClN5O3/c1-13-2-3-20(14-6-18(27)23-21(7-14)35-26(4-5-26)25(33)31-23)32(10-13)22-8-15-16-11-34-12-17(16)24(28)30-19(15)9-29-22/h6-9,13,20H,2-5,10-12H2,1H3,(H2,28,30)(H,31,33)/t13-,20?/m0/s1. The van der Waals surface area contributed by atoms with Gasteiger partial charge in [-0.1, -0.05) is 18.5 Å². The molecule has 1 amide bonds. The Bertz CT molecular complexity index is 1410. The number of nitrogens with zero attached hydrogens (tertiary/aromatic N) is 3. The molecular formula is C26H26ClN5O3. The molecule has 8 nitrogen and oxygen atoms in total. The molecule has 2 fully saturated rings. The first kappa shape index (κ1) is 21.2. The maximum atomic E-state index is 12.4. The van der Waals surface area contributed by atoms with Crippen LogP contribution in [0.1, 0.15) is 55.3 Å². The molecule has 2 atom stereocenters. The molecule has 4 aliphatic rings. The van der Waals surface area contributed by atoms with Gasteiger partial charge in [-0.2, -0.15) is 0 Å². The van der Waals surface area contributed by atoms with Crippen molar-refractivity contribution in [2.75, 3.05) is 22.5 Å². The van der Waals surface area contributed by atoms with Crippen LogP contribution in [0.2, 0.25) is 5.02 Å². The number of benzene rings is 1. The fourth-order valence-electron chi connectivity index (χ4n) is 5.70. The Balaban J connectivity index is 1.30. The van der Waals surface area contributed by atoms with Gasteiger partial charge in [0.15, 0.2) is 5.60 Å². The number of nitrogen functional groups attached to an aromatic ring is 1. The molecule has 1 aliphatic carbocycles. The Labute approximate surface area is 207 Å². The first-order valence-electron chi connectivity index (χ1n) is 12.2. The van der Waals surface area contributed by atoms with Gasteiger partial charge in [-0.25, -0.2) is 9.97 Å². The summed E-state index contributed by atoms with van der Waals surface area (Å²) in [5, 5.41) is 4.50. The number of aromatic nitrogens is 2. The number of hydrogen-bond acceptors (Lipinski definition) is 7. The van der Waals surface area contributed by atoms with E-state index in [0.717, 1.165) is 65.6 Å². The molecule has 0 bridgehead atoms. The van der Waals surface area contributed by atoms with Crippen molar-refractivity contribution in [2.24, 2.45) is 5.92 Å². The Morgan fingerprint density at radius 2 is 2.03 bits per heavy atom.